The Bertz CT molecular complexity index is 147. The molecule has 0 unspecified atom stereocenters. The van der Waals surface area contributed by atoms with Crippen molar-refractivity contribution in [2.24, 2.45) is 0 Å². The van der Waals surface area contributed by atoms with Crippen LogP contribution in [0.5, 0.6) is 0 Å². The van der Waals surface area contributed by atoms with Crippen LogP contribution in [0.3, 0.4) is 0 Å². The Kier molecular flexibility index (Phi) is 5.97. The first-order valence-electron chi connectivity index (χ1n) is 5.28. The van der Waals surface area contributed by atoms with Crippen LogP contribution in [0.4, 0.5) is 0 Å². The van der Waals surface area contributed by atoms with E-state index in [0.717, 1.165) is 30.3 Å². The van der Waals surface area contributed by atoms with Gasteiger partial charge in [0.2, 0.25) is 0 Å². The second-order valence-electron chi connectivity index (χ2n) is 4.76. The number of rotatable bonds is 7. The predicted octanol–water partition coefficient (Wildman–Crippen LogP) is 2.23. The van der Waals surface area contributed by atoms with Crippen molar-refractivity contribution in [2.45, 2.75) is 39.0 Å². The molecule has 0 spiro atoms. The molecule has 0 radical (unpaired) electrons. The van der Waals surface area contributed by atoms with Gasteiger partial charge >= 0.3 is 0 Å². The molecule has 0 N–H and O–H groups in total. The van der Waals surface area contributed by atoms with E-state index in [4.69, 9.17) is 0 Å². The molecule has 0 atom stereocenters. The Morgan fingerprint density at radius 3 is 2.15 bits per heavy atom. The van der Waals surface area contributed by atoms with Gasteiger partial charge in [-0.1, -0.05) is 19.8 Å². The number of unbranched alkanes of at least 4 members (excludes halogenated alkanes) is 2. The molecular formula is C11H24NO+. The molecule has 0 heterocycles. The van der Waals surface area contributed by atoms with Crippen molar-refractivity contribution in [1.29, 1.82) is 0 Å². The second kappa shape index (κ2) is 6.14. The first kappa shape index (κ1) is 12.6. The van der Waals surface area contributed by atoms with Gasteiger partial charge in [0.15, 0.2) is 0 Å². The van der Waals surface area contributed by atoms with Crippen molar-refractivity contribution in [3.05, 3.63) is 0 Å². The third-order valence-corrected chi connectivity index (χ3v) is 2.12. The minimum Gasteiger partial charge on any atom is -0.331 e. The molecule has 0 aliphatic heterocycles. The van der Waals surface area contributed by atoms with Crippen LogP contribution in [0.25, 0.3) is 0 Å². The van der Waals surface area contributed by atoms with E-state index in [1.54, 1.807) is 0 Å². The third kappa shape index (κ3) is 9.54. The van der Waals surface area contributed by atoms with Crippen LogP contribution in [0, 0.1) is 0 Å². The number of ketones is 1. The summed E-state index contributed by atoms with van der Waals surface area (Å²) in [5.74, 6) is 0.432. The van der Waals surface area contributed by atoms with Gasteiger partial charge in [-0.15, -0.1) is 0 Å². The van der Waals surface area contributed by atoms with Gasteiger partial charge in [0.1, 0.15) is 5.78 Å². The maximum atomic E-state index is 11.4. The smallest absolute Gasteiger partial charge is 0.138 e. The standard InChI is InChI=1S/C11H24NO/c1-5-6-7-8-11(13)9-10-12(2,3)4/h5-10H2,1-4H3/q+1. The summed E-state index contributed by atoms with van der Waals surface area (Å²) >= 11 is 0. The zero-order valence-corrected chi connectivity index (χ0v) is 9.60. The highest BCUT2D eigenvalue weighted by Gasteiger charge is 2.10. The van der Waals surface area contributed by atoms with Crippen molar-refractivity contribution in [3.8, 4) is 0 Å². The average Bonchev–Trinajstić information content (AvgIpc) is 2.00. The largest absolute Gasteiger partial charge is 0.331 e. The molecule has 13 heavy (non-hydrogen) atoms. The maximum absolute atomic E-state index is 11.4. The highest BCUT2D eigenvalue weighted by Crippen LogP contribution is 2.03. The number of nitrogens with zero attached hydrogens (tertiary/aromatic N) is 1. The topological polar surface area (TPSA) is 17.1 Å². The number of carbonyl (C=O) groups is 1. The van der Waals surface area contributed by atoms with Crippen molar-refractivity contribution in [1.82, 2.24) is 0 Å². The van der Waals surface area contributed by atoms with Gasteiger partial charge in [-0.2, -0.15) is 0 Å². The molecule has 0 fully saturated rings. The predicted molar refractivity (Wildman–Crippen MR) is 56.7 cm³/mol. The highest BCUT2D eigenvalue weighted by molar-refractivity contribution is 5.78. The van der Waals surface area contributed by atoms with E-state index in [1.165, 1.54) is 12.8 Å². The zero-order valence-electron chi connectivity index (χ0n) is 9.60. The summed E-state index contributed by atoms with van der Waals surface area (Å²) in [6, 6.07) is 0. The fraction of sp³-hybridized carbons (Fsp3) is 0.909. The molecule has 0 aromatic heterocycles. The van der Waals surface area contributed by atoms with E-state index in [-0.39, 0.29) is 0 Å². The Morgan fingerprint density at radius 1 is 1.08 bits per heavy atom. The molecule has 0 aliphatic rings. The fourth-order valence-corrected chi connectivity index (χ4v) is 1.16. The fourth-order valence-electron chi connectivity index (χ4n) is 1.16. The summed E-state index contributed by atoms with van der Waals surface area (Å²) in [5.41, 5.74) is 0. The van der Waals surface area contributed by atoms with Gasteiger partial charge in [-0.05, 0) is 6.42 Å². The SMILES string of the molecule is CCCCCC(=O)CC[N+](C)(C)C. The molecule has 0 amide bonds. The van der Waals surface area contributed by atoms with Crippen LogP contribution in [-0.2, 0) is 4.79 Å². The first-order valence-corrected chi connectivity index (χ1v) is 5.28. The summed E-state index contributed by atoms with van der Waals surface area (Å²) in [4.78, 5) is 11.4. The van der Waals surface area contributed by atoms with Gasteiger partial charge in [-0.25, -0.2) is 0 Å². The molecule has 0 saturated heterocycles. The molecule has 2 nitrogen and oxygen atoms in total. The second-order valence-corrected chi connectivity index (χ2v) is 4.76. The van der Waals surface area contributed by atoms with Crippen LogP contribution < -0.4 is 0 Å². The van der Waals surface area contributed by atoms with Crippen LogP contribution in [0.15, 0.2) is 0 Å². The number of quaternary nitrogens is 1. The molecule has 78 valence electrons. The lowest BCUT2D eigenvalue weighted by Gasteiger charge is -2.23. The molecule has 0 rings (SSSR count). The Balaban J connectivity index is 3.41. The lowest BCUT2D eigenvalue weighted by atomic mass is 10.1. The van der Waals surface area contributed by atoms with Crippen molar-refractivity contribution >= 4 is 5.78 Å². The van der Waals surface area contributed by atoms with E-state index in [0.29, 0.717) is 5.78 Å². The van der Waals surface area contributed by atoms with E-state index in [9.17, 15) is 4.79 Å². The van der Waals surface area contributed by atoms with E-state index >= 15 is 0 Å². The monoisotopic (exact) mass is 186 g/mol. The minimum atomic E-state index is 0.432. The quantitative estimate of drug-likeness (QED) is 0.440. The average molecular weight is 186 g/mol. The van der Waals surface area contributed by atoms with Crippen LogP contribution in [-0.4, -0.2) is 38.0 Å². The summed E-state index contributed by atoms with van der Waals surface area (Å²) in [7, 11) is 6.37. The van der Waals surface area contributed by atoms with Crippen molar-refractivity contribution in [3.63, 3.8) is 0 Å². The Morgan fingerprint density at radius 2 is 1.69 bits per heavy atom. The van der Waals surface area contributed by atoms with Crippen molar-refractivity contribution < 1.29 is 9.28 Å². The Hall–Kier alpha value is -0.370. The number of hydrogen-bond acceptors (Lipinski definition) is 1. The zero-order chi connectivity index (χ0) is 10.3. The summed E-state index contributed by atoms with van der Waals surface area (Å²) in [6.45, 7) is 3.13. The minimum absolute atomic E-state index is 0.432. The lowest BCUT2D eigenvalue weighted by molar-refractivity contribution is -0.869. The molecule has 0 bridgehead atoms. The van der Waals surface area contributed by atoms with Gasteiger partial charge in [0, 0.05) is 6.42 Å². The number of carbonyl (C=O) groups excluding carboxylic acids is 1. The lowest BCUT2D eigenvalue weighted by Crippen LogP contribution is -2.36. The third-order valence-electron chi connectivity index (χ3n) is 2.12. The highest BCUT2D eigenvalue weighted by atomic mass is 16.1. The van der Waals surface area contributed by atoms with Gasteiger partial charge < -0.3 is 4.48 Å². The van der Waals surface area contributed by atoms with E-state index < -0.39 is 0 Å². The molecule has 0 aliphatic carbocycles. The molecule has 0 saturated carbocycles. The van der Waals surface area contributed by atoms with Crippen molar-refractivity contribution in [2.75, 3.05) is 27.7 Å². The summed E-state index contributed by atoms with van der Waals surface area (Å²) in [5, 5.41) is 0. The molecular weight excluding hydrogens is 162 g/mol. The normalized spacial score (nSPS) is 11.7. The van der Waals surface area contributed by atoms with Gasteiger partial charge in [-0.3, -0.25) is 4.79 Å². The first-order chi connectivity index (χ1) is 5.95. The van der Waals surface area contributed by atoms with Crippen LogP contribution in [0.1, 0.15) is 39.0 Å². The molecule has 0 aromatic carbocycles. The summed E-state index contributed by atoms with van der Waals surface area (Å²) in [6.07, 6.45) is 4.99. The number of hydrogen-bond donors (Lipinski definition) is 0. The molecule has 2 heteroatoms. The van der Waals surface area contributed by atoms with Gasteiger partial charge in [0.05, 0.1) is 34.1 Å². The number of Topliss-reactive ketones (excluding diaryl/α,β-unsaturated/α-hetero) is 1. The van der Waals surface area contributed by atoms with E-state index in [2.05, 4.69) is 28.1 Å². The van der Waals surface area contributed by atoms with Gasteiger partial charge in [0.25, 0.3) is 0 Å². The summed E-state index contributed by atoms with van der Waals surface area (Å²) < 4.78 is 0.888. The van der Waals surface area contributed by atoms with Crippen LogP contribution >= 0.6 is 0 Å². The Labute approximate surface area is 82.5 Å². The molecule has 0 aromatic rings. The van der Waals surface area contributed by atoms with Crippen LogP contribution in [0.2, 0.25) is 0 Å². The maximum Gasteiger partial charge on any atom is 0.138 e. The van der Waals surface area contributed by atoms with E-state index in [1.807, 2.05) is 0 Å².